The van der Waals surface area contributed by atoms with Crippen molar-refractivity contribution in [3.8, 4) is 5.75 Å². The zero-order chi connectivity index (χ0) is 14.9. The van der Waals surface area contributed by atoms with Crippen molar-refractivity contribution in [3.63, 3.8) is 0 Å². The molecule has 2 aromatic carbocycles. The average Bonchev–Trinajstić information content (AvgIpc) is 2.33. The number of phenols is 1. The standard InChI is InChI=1S/C14H16N2O3S/c1-9-6-7-13(15)14(10(9)2)20(18,19)16-11-4-3-5-12(17)8-11/h3-8,16-17H,15H2,1-2H3. The Kier molecular flexibility index (Phi) is 3.59. The van der Waals surface area contributed by atoms with Crippen molar-refractivity contribution in [2.45, 2.75) is 18.7 Å². The summed E-state index contributed by atoms with van der Waals surface area (Å²) in [6.45, 7) is 3.53. The number of aromatic hydroxyl groups is 1. The Balaban J connectivity index is 2.49. The summed E-state index contributed by atoms with van der Waals surface area (Å²) in [5.74, 6) is -0.0147. The van der Waals surface area contributed by atoms with E-state index in [1.165, 1.54) is 12.1 Å². The number of nitrogens with two attached hydrogens (primary N) is 1. The van der Waals surface area contributed by atoms with Crippen molar-refractivity contribution < 1.29 is 13.5 Å². The summed E-state index contributed by atoms with van der Waals surface area (Å²) >= 11 is 0. The van der Waals surface area contributed by atoms with Crippen molar-refractivity contribution in [1.29, 1.82) is 0 Å². The number of phenolic OH excluding ortho intramolecular Hbond substituents is 1. The van der Waals surface area contributed by atoms with E-state index in [1.807, 2.05) is 6.92 Å². The van der Waals surface area contributed by atoms with Gasteiger partial charge in [-0.25, -0.2) is 8.42 Å². The van der Waals surface area contributed by atoms with E-state index in [9.17, 15) is 13.5 Å². The maximum absolute atomic E-state index is 12.4. The summed E-state index contributed by atoms with van der Waals surface area (Å²) in [6, 6.07) is 9.25. The SMILES string of the molecule is Cc1ccc(N)c(S(=O)(=O)Nc2cccc(O)c2)c1C. The molecule has 0 radical (unpaired) electrons. The van der Waals surface area contributed by atoms with Crippen molar-refractivity contribution in [3.05, 3.63) is 47.5 Å². The van der Waals surface area contributed by atoms with Crippen LogP contribution in [0, 0.1) is 13.8 Å². The smallest absolute Gasteiger partial charge is 0.264 e. The Morgan fingerprint density at radius 2 is 1.85 bits per heavy atom. The quantitative estimate of drug-likeness (QED) is 0.757. The van der Waals surface area contributed by atoms with Crippen LogP contribution < -0.4 is 10.5 Å². The van der Waals surface area contributed by atoms with Crippen LogP contribution in [0.3, 0.4) is 0 Å². The predicted molar refractivity (Wildman–Crippen MR) is 79.2 cm³/mol. The molecule has 0 aliphatic heterocycles. The van der Waals surface area contributed by atoms with Crippen LogP contribution in [0.25, 0.3) is 0 Å². The molecule has 0 unspecified atom stereocenters. The molecule has 0 aliphatic rings. The van der Waals surface area contributed by atoms with Gasteiger partial charge in [-0.05, 0) is 43.2 Å². The summed E-state index contributed by atoms with van der Waals surface area (Å²) in [5.41, 5.74) is 7.72. The normalized spacial score (nSPS) is 11.3. The van der Waals surface area contributed by atoms with Gasteiger partial charge in [-0.2, -0.15) is 0 Å². The molecule has 0 bridgehead atoms. The van der Waals surface area contributed by atoms with E-state index in [0.29, 0.717) is 5.56 Å². The molecule has 4 N–H and O–H groups in total. The van der Waals surface area contributed by atoms with Gasteiger partial charge in [0.25, 0.3) is 10.0 Å². The minimum atomic E-state index is -3.80. The fourth-order valence-corrected chi connectivity index (χ4v) is 3.43. The minimum Gasteiger partial charge on any atom is -0.508 e. The molecule has 0 heterocycles. The van der Waals surface area contributed by atoms with Gasteiger partial charge in [-0.15, -0.1) is 0 Å². The number of aryl methyl sites for hydroxylation is 1. The second kappa shape index (κ2) is 5.05. The van der Waals surface area contributed by atoms with Crippen molar-refractivity contribution >= 4 is 21.4 Å². The molecular formula is C14H16N2O3S. The lowest BCUT2D eigenvalue weighted by Gasteiger charge is -2.14. The number of sulfonamides is 1. The molecule has 0 amide bonds. The van der Waals surface area contributed by atoms with E-state index in [-0.39, 0.29) is 22.0 Å². The van der Waals surface area contributed by atoms with Gasteiger partial charge in [0.15, 0.2) is 0 Å². The monoisotopic (exact) mass is 292 g/mol. The molecule has 106 valence electrons. The van der Waals surface area contributed by atoms with Crippen molar-refractivity contribution in [2.75, 3.05) is 10.5 Å². The second-order valence-corrected chi connectivity index (χ2v) is 6.20. The van der Waals surface area contributed by atoms with Crippen LogP contribution in [0.5, 0.6) is 5.75 Å². The maximum Gasteiger partial charge on any atom is 0.264 e. The zero-order valence-electron chi connectivity index (χ0n) is 11.2. The maximum atomic E-state index is 12.4. The number of anilines is 2. The summed E-state index contributed by atoms with van der Waals surface area (Å²) in [5, 5.41) is 9.37. The zero-order valence-corrected chi connectivity index (χ0v) is 12.0. The lowest BCUT2D eigenvalue weighted by Crippen LogP contribution is -2.16. The van der Waals surface area contributed by atoms with E-state index in [4.69, 9.17) is 5.73 Å². The molecule has 0 saturated heterocycles. The molecule has 2 rings (SSSR count). The fourth-order valence-electron chi connectivity index (χ4n) is 1.94. The first-order valence-corrected chi connectivity index (χ1v) is 7.47. The van der Waals surface area contributed by atoms with Crippen LogP contribution in [0.1, 0.15) is 11.1 Å². The first kappa shape index (κ1) is 14.2. The number of nitrogen functional groups attached to an aromatic ring is 1. The Hall–Kier alpha value is -2.21. The summed E-state index contributed by atoms with van der Waals surface area (Å²) in [6.07, 6.45) is 0. The third-order valence-electron chi connectivity index (χ3n) is 3.07. The van der Waals surface area contributed by atoms with E-state index in [2.05, 4.69) is 4.72 Å². The summed E-state index contributed by atoms with van der Waals surface area (Å²) in [4.78, 5) is 0.0702. The molecule has 0 aliphatic carbocycles. The van der Waals surface area contributed by atoms with E-state index in [0.717, 1.165) is 5.56 Å². The van der Waals surface area contributed by atoms with Crippen LogP contribution in [0.4, 0.5) is 11.4 Å². The molecule has 5 nitrogen and oxygen atoms in total. The molecule has 0 aromatic heterocycles. The van der Waals surface area contributed by atoms with Crippen molar-refractivity contribution in [2.24, 2.45) is 0 Å². The highest BCUT2D eigenvalue weighted by molar-refractivity contribution is 7.93. The first-order valence-electron chi connectivity index (χ1n) is 5.99. The summed E-state index contributed by atoms with van der Waals surface area (Å²) in [7, 11) is -3.80. The summed E-state index contributed by atoms with van der Waals surface area (Å²) < 4.78 is 27.3. The van der Waals surface area contributed by atoms with Gasteiger partial charge in [0.05, 0.1) is 11.4 Å². The van der Waals surface area contributed by atoms with E-state index < -0.39 is 10.0 Å². The fraction of sp³-hybridized carbons (Fsp3) is 0.143. The largest absolute Gasteiger partial charge is 0.508 e. The number of hydrogen-bond acceptors (Lipinski definition) is 4. The molecule has 0 saturated carbocycles. The highest BCUT2D eigenvalue weighted by Gasteiger charge is 2.21. The third kappa shape index (κ3) is 2.70. The van der Waals surface area contributed by atoms with Gasteiger partial charge in [0.2, 0.25) is 0 Å². The highest BCUT2D eigenvalue weighted by atomic mass is 32.2. The first-order chi connectivity index (χ1) is 9.31. The van der Waals surface area contributed by atoms with Gasteiger partial charge >= 0.3 is 0 Å². The third-order valence-corrected chi connectivity index (χ3v) is 4.66. The topological polar surface area (TPSA) is 92.4 Å². The van der Waals surface area contributed by atoms with Crippen LogP contribution in [-0.4, -0.2) is 13.5 Å². The molecular weight excluding hydrogens is 276 g/mol. The van der Waals surface area contributed by atoms with E-state index >= 15 is 0 Å². The van der Waals surface area contributed by atoms with Gasteiger partial charge in [-0.3, -0.25) is 4.72 Å². The number of hydrogen-bond donors (Lipinski definition) is 3. The van der Waals surface area contributed by atoms with Crippen LogP contribution in [-0.2, 0) is 10.0 Å². The van der Waals surface area contributed by atoms with Crippen molar-refractivity contribution in [1.82, 2.24) is 0 Å². The Bertz CT molecular complexity index is 755. The van der Waals surface area contributed by atoms with E-state index in [1.54, 1.807) is 31.2 Å². The number of rotatable bonds is 3. The molecule has 2 aromatic rings. The molecule has 0 spiro atoms. The van der Waals surface area contributed by atoms with Crippen LogP contribution in [0.2, 0.25) is 0 Å². The Labute approximate surface area is 118 Å². The second-order valence-electron chi connectivity index (χ2n) is 4.58. The predicted octanol–water partition coefficient (Wildman–Crippen LogP) is 2.39. The average molecular weight is 292 g/mol. The van der Waals surface area contributed by atoms with Gasteiger partial charge in [0.1, 0.15) is 10.6 Å². The lowest BCUT2D eigenvalue weighted by molar-refractivity contribution is 0.475. The molecule has 6 heteroatoms. The number of nitrogens with one attached hydrogen (secondary N) is 1. The molecule has 20 heavy (non-hydrogen) atoms. The van der Waals surface area contributed by atoms with Crippen LogP contribution >= 0.6 is 0 Å². The van der Waals surface area contributed by atoms with Gasteiger partial charge < -0.3 is 10.8 Å². The minimum absolute atomic E-state index is 0.0147. The Morgan fingerprint density at radius 1 is 1.15 bits per heavy atom. The number of benzene rings is 2. The van der Waals surface area contributed by atoms with Crippen LogP contribution in [0.15, 0.2) is 41.3 Å². The highest BCUT2D eigenvalue weighted by Crippen LogP contribution is 2.28. The Morgan fingerprint density at radius 3 is 2.50 bits per heavy atom. The molecule has 0 fully saturated rings. The van der Waals surface area contributed by atoms with Gasteiger partial charge in [-0.1, -0.05) is 12.1 Å². The lowest BCUT2D eigenvalue weighted by atomic mass is 10.1. The van der Waals surface area contributed by atoms with Gasteiger partial charge in [0, 0.05) is 6.07 Å². The molecule has 0 atom stereocenters.